The molecular formula is C10H10ClN3. The highest BCUT2D eigenvalue weighted by Crippen LogP contribution is 2.24. The van der Waals surface area contributed by atoms with E-state index in [1.165, 1.54) is 0 Å². The van der Waals surface area contributed by atoms with Gasteiger partial charge in [0.05, 0.1) is 6.54 Å². The highest BCUT2D eigenvalue weighted by molar-refractivity contribution is 6.31. The van der Waals surface area contributed by atoms with Crippen LogP contribution in [0.4, 0.5) is 0 Å². The SMILES string of the molecule is NCc1nc(-c2ccccc2)c(Cl)[nH]1. The molecule has 0 aliphatic heterocycles. The van der Waals surface area contributed by atoms with E-state index in [-0.39, 0.29) is 0 Å². The van der Waals surface area contributed by atoms with Gasteiger partial charge >= 0.3 is 0 Å². The third kappa shape index (κ3) is 1.64. The Morgan fingerprint density at radius 2 is 2.00 bits per heavy atom. The van der Waals surface area contributed by atoms with Crippen molar-refractivity contribution in [2.75, 3.05) is 0 Å². The van der Waals surface area contributed by atoms with Crippen LogP contribution in [-0.4, -0.2) is 9.97 Å². The van der Waals surface area contributed by atoms with Crippen LogP contribution in [-0.2, 0) is 6.54 Å². The molecule has 0 aliphatic carbocycles. The molecule has 72 valence electrons. The lowest BCUT2D eigenvalue weighted by atomic mass is 10.2. The maximum atomic E-state index is 5.98. The molecule has 1 heterocycles. The van der Waals surface area contributed by atoms with E-state index in [1.54, 1.807) is 0 Å². The van der Waals surface area contributed by atoms with Crippen molar-refractivity contribution in [2.24, 2.45) is 5.73 Å². The second-order valence-electron chi connectivity index (χ2n) is 2.92. The number of H-pyrrole nitrogens is 1. The fourth-order valence-electron chi connectivity index (χ4n) is 1.28. The number of hydrogen-bond acceptors (Lipinski definition) is 2. The summed E-state index contributed by atoms with van der Waals surface area (Å²) >= 11 is 5.98. The van der Waals surface area contributed by atoms with Crippen molar-refractivity contribution in [3.8, 4) is 11.3 Å². The Balaban J connectivity index is 2.46. The number of aromatic nitrogens is 2. The average molecular weight is 208 g/mol. The highest BCUT2D eigenvalue weighted by Gasteiger charge is 2.08. The highest BCUT2D eigenvalue weighted by atomic mass is 35.5. The second kappa shape index (κ2) is 3.82. The van der Waals surface area contributed by atoms with Crippen LogP contribution in [0.1, 0.15) is 5.82 Å². The number of nitrogens with zero attached hydrogens (tertiary/aromatic N) is 1. The Bertz CT molecular complexity index is 422. The van der Waals surface area contributed by atoms with Crippen molar-refractivity contribution in [1.82, 2.24) is 9.97 Å². The summed E-state index contributed by atoms with van der Waals surface area (Å²) in [5.41, 5.74) is 7.21. The van der Waals surface area contributed by atoms with E-state index in [4.69, 9.17) is 17.3 Å². The van der Waals surface area contributed by atoms with Crippen molar-refractivity contribution < 1.29 is 0 Å². The summed E-state index contributed by atoms with van der Waals surface area (Å²) in [5.74, 6) is 0.703. The van der Waals surface area contributed by atoms with E-state index in [0.29, 0.717) is 17.5 Å². The van der Waals surface area contributed by atoms with Crippen LogP contribution in [0.2, 0.25) is 5.15 Å². The van der Waals surface area contributed by atoms with E-state index < -0.39 is 0 Å². The van der Waals surface area contributed by atoms with Crippen molar-refractivity contribution in [2.45, 2.75) is 6.54 Å². The minimum Gasteiger partial charge on any atom is -0.331 e. The summed E-state index contributed by atoms with van der Waals surface area (Å²) < 4.78 is 0. The molecule has 0 saturated carbocycles. The zero-order valence-electron chi connectivity index (χ0n) is 7.50. The first kappa shape index (κ1) is 9.24. The first-order chi connectivity index (χ1) is 6.81. The molecule has 1 aromatic heterocycles. The summed E-state index contributed by atoms with van der Waals surface area (Å²) in [7, 11) is 0. The molecule has 0 fully saturated rings. The van der Waals surface area contributed by atoms with Crippen LogP contribution in [0.15, 0.2) is 30.3 Å². The molecule has 0 amide bonds. The summed E-state index contributed by atoms with van der Waals surface area (Å²) in [6.07, 6.45) is 0. The van der Waals surface area contributed by atoms with Crippen molar-refractivity contribution >= 4 is 11.6 Å². The van der Waals surface area contributed by atoms with Crippen LogP contribution < -0.4 is 5.73 Å². The Morgan fingerprint density at radius 1 is 1.29 bits per heavy atom. The Morgan fingerprint density at radius 3 is 2.57 bits per heavy atom. The molecule has 14 heavy (non-hydrogen) atoms. The largest absolute Gasteiger partial charge is 0.331 e. The van der Waals surface area contributed by atoms with E-state index in [0.717, 1.165) is 11.3 Å². The predicted molar refractivity (Wildman–Crippen MR) is 56.9 cm³/mol. The molecule has 0 bridgehead atoms. The van der Waals surface area contributed by atoms with Gasteiger partial charge in [-0.15, -0.1) is 0 Å². The van der Waals surface area contributed by atoms with Crippen molar-refractivity contribution in [1.29, 1.82) is 0 Å². The van der Waals surface area contributed by atoms with Crippen molar-refractivity contribution in [3.05, 3.63) is 41.3 Å². The van der Waals surface area contributed by atoms with Crippen LogP contribution in [0, 0.1) is 0 Å². The molecule has 0 radical (unpaired) electrons. The number of nitrogens with two attached hydrogens (primary N) is 1. The van der Waals surface area contributed by atoms with E-state index in [2.05, 4.69) is 9.97 Å². The van der Waals surface area contributed by atoms with E-state index >= 15 is 0 Å². The monoisotopic (exact) mass is 207 g/mol. The number of benzene rings is 1. The Labute approximate surface area is 86.9 Å². The molecule has 0 saturated heterocycles. The fraction of sp³-hybridized carbons (Fsp3) is 0.100. The smallest absolute Gasteiger partial charge is 0.134 e. The van der Waals surface area contributed by atoms with Gasteiger partial charge in [-0.2, -0.15) is 0 Å². The molecule has 0 aliphatic rings. The molecule has 2 rings (SSSR count). The van der Waals surface area contributed by atoms with Crippen molar-refractivity contribution in [3.63, 3.8) is 0 Å². The van der Waals surface area contributed by atoms with Crippen LogP contribution >= 0.6 is 11.6 Å². The van der Waals surface area contributed by atoms with Gasteiger partial charge in [0.25, 0.3) is 0 Å². The first-order valence-corrected chi connectivity index (χ1v) is 4.69. The van der Waals surface area contributed by atoms with Crippen LogP contribution in [0.25, 0.3) is 11.3 Å². The number of hydrogen-bond donors (Lipinski definition) is 2. The molecule has 3 N–H and O–H groups in total. The van der Waals surface area contributed by atoms with E-state index in [1.807, 2.05) is 30.3 Å². The lowest BCUT2D eigenvalue weighted by Gasteiger charge is -1.95. The topological polar surface area (TPSA) is 54.7 Å². The average Bonchev–Trinajstić information content (AvgIpc) is 2.61. The fourth-order valence-corrected chi connectivity index (χ4v) is 1.54. The zero-order valence-corrected chi connectivity index (χ0v) is 8.25. The number of imidazole rings is 1. The first-order valence-electron chi connectivity index (χ1n) is 4.31. The third-order valence-electron chi connectivity index (χ3n) is 1.95. The summed E-state index contributed by atoms with van der Waals surface area (Å²) in [6, 6.07) is 9.77. The van der Waals surface area contributed by atoms with Gasteiger partial charge in [0.2, 0.25) is 0 Å². The maximum absolute atomic E-state index is 5.98. The maximum Gasteiger partial charge on any atom is 0.134 e. The van der Waals surface area contributed by atoms with Crippen LogP contribution in [0.3, 0.4) is 0 Å². The lowest BCUT2D eigenvalue weighted by molar-refractivity contribution is 0.951. The molecular weight excluding hydrogens is 198 g/mol. The third-order valence-corrected chi connectivity index (χ3v) is 2.22. The normalized spacial score (nSPS) is 10.4. The van der Waals surface area contributed by atoms with Gasteiger partial charge in [-0.3, -0.25) is 0 Å². The van der Waals surface area contributed by atoms with E-state index in [9.17, 15) is 0 Å². The van der Waals surface area contributed by atoms with Gasteiger partial charge < -0.3 is 10.7 Å². The summed E-state index contributed by atoms with van der Waals surface area (Å²) in [4.78, 5) is 7.21. The zero-order chi connectivity index (χ0) is 9.97. The molecule has 2 aromatic rings. The minimum atomic E-state index is 0.368. The van der Waals surface area contributed by atoms with Gasteiger partial charge in [-0.05, 0) is 0 Å². The summed E-state index contributed by atoms with van der Waals surface area (Å²) in [5, 5.41) is 0.539. The summed E-state index contributed by atoms with van der Waals surface area (Å²) in [6.45, 7) is 0.368. The molecule has 4 heteroatoms. The number of nitrogens with one attached hydrogen (secondary N) is 1. The molecule has 3 nitrogen and oxygen atoms in total. The molecule has 0 spiro atoms. The number of aromatic amines is 1. The number of halogens is 1. The van der Waals surface area contributed by atoms with Gasteiger partial charge in [0.1, 0.15) is 16.7 Å². The van der Waals surface area contributed by atoms with Gasteiger partial charge in [0, 0.05) is 5.56 Å². The van der Waals surface area contributed by atoms with Gasteiger partial charge in [0.15, 0.2) is 0 Å². The lowest BCUT2D eigenvalue weighted by Crippen LogP contribution is -1.97. The van der Waals surface area contributed by atoms with Crippen LogP contribution in [0.5, 0.6) is 0 Å². The van der Waals surface area contributed by atoms with Gasteiger partial charge in [-0.25, -0.2) is 4.98 Å². The van der Waals surface area contributed by atoms with Gasteiger partial charge in [-0.1, -0.05) is 41.9 Å². The molecule has 0 unspecified atom stereocenters. The molecule has 0 atom stereocenters. The Hall–Kier alpha value is -1.32. The minimum absolute atomic E-state index is 0.368. The molecule has 1 aromatic carbocycles. The Kier molecular flexibility index (Phi) is 2.52. The quantitative estimate of drug-likeness (QED) is 0.793. The standard InChI is InChI=1S/C10H10ClN3/c11-10-9(13-8(6-12)14-10)7-4-2-1-3-5-7/h1-5H,6,12H2,(H,13,14). The number of rotatable bonds is 2. The second-order valence-corrected chi connectivity index (χ2v) is 3.29. The predicted octanol–water partition coefficient (Wildman–Crippen LogP) is 2.19.